The Morgan fingerprint density at radius 3 is 2.83 bits per heavy atom. The van der Waals surface area contributed by atoms with Gasteiger partial charge in [-0.15, -0.1) is 6.58 Å². The van der Waals surface area contributed by atoms with Crippen molar-refractivity contribution in [2.45, 2.75) is 44.1 Å². The van der Waals surface area contributed by atoms with E-state index in [0.717, 1.165) is 25.7 Å². The van der Waals surface area contributed by atoms with E-state index in [1.54, 1.807) is 6.08 Å². The van der Waals surface area contributed by atoms with Crippen molar-refractivity contribution >= 4 is 0 Å². The predicted molar refractivity (Wildman–Crippen MR) is 52.0 cm³/mol. The molecule has 68 valence electrons. The van der Waals surface area contributed by atoms with Crippen LogP contribution in [-0.2, 0) is 0 Å². The average Bonchev–Trinajstić information content (AvgIpc) is 2.18. The lowest BCUT2D eigenvalue weighted by Crippen LogP contribution is -2.24. The molecule has 1 nitrogen and oxygen atoms in total. The number of hydrogen-bond donors (Lipinski definition) is 1. The first kappa shape index (κ1) is 9.53. The summed E-state index contributed by atoms with van der Waals surface area (Å²) in [6.07, 6.45) is 12.3. The summed E-state index contributed by atoms with van der Waals surface area (Å²) in [5.74, 6) is 0. The smallest absolute Gasteiger partial charge is 0.0859 e. The number of rotatable bonds is 1. The van der Waals surface area contributed by atoms with Crippen LogP contribution in [0.4, 0.5) is 0 Å². The van der Waals surface area contributed by atoms with Crippen molar-refractivity contribution < 1.29 is 5.11 Å². The standard InChI is InChI=1S/C11H18O/c1-2-11(12)9-7-5-3-4-6-8-10-11/h2,5,7,12H,1,3-4,6,8-10H2/b7-5+. The first-order valence-corrected chi connectivity index (χ1v) is 4.78. The number of hydrogen-bond acceptors (Lipinski definition) is 1. The zero-order valence-corrected chi connectivity index (χ0v) is 7.63. The molecule has 0 spiro atoms. The zero-order valence-electron chi connectivity index (χ0n) is 7.63. The molecular weight excluding hydrogens is 148 g/mol. The first-order chi connectivity index (χ1) is 5.77. The second kappa shape index (κ2) is 4.46. The van der Waals surface area contributed by atoms with E-state index in [1.165, 1.54) is 12.8 Å². The van der Waals surface area contributed by atoms with Crippen LogP contribution in [0, 0.1) is 0 Å². The summed E-state index contributed by atoms with van der Waals surface area (Å²) >= 11 is 0. The Bertz CT molecular complexity index is 172. The van der Waals surface area contributed by atoms with Crippen molar-refractivity contribution in [3.05, 3.63) is 24.8 Å². The molecule has 0 heterocycles. The van der Waals surface area contributed by atoms with Crippen LogP contribution in [0.1, 0.15) is 38.5 Å². The Morgan fingerprint density at radius 1 is 1.25 bits per heavy atom. The van der Waals surface area contributed by atoms with Crippen LogP contribution in [0.2, 0.25) is 0 Å². The van der Waals surface area contributed by atoms with E-state index in [0.29, 0.717) is 0 Å². The highest BCUT2D eigenvalue weighted by molar-refractivity contribution is 5.02. The maximum atomic E-state index is 9.94. The van der Waals surface area contributed by atoms with E-state index < -0.39 is 5.60 Å². The van der Waals surface area contributed by atoms with Crippen molar-refractivity contribution in [3.63, 3.8) is 0 Å². The van der Waals surface area contributed by atoms with Crippen molar-refractivity contribution in [3.8, 4) is 0 Å². The minimum absolute atomic E-state index is 0.638. The molecule has 0 fully saturated rings. The van der Waals surface area contributed by atoms with Crippen LogP contribution in [0.25, 0.3) is 0 Å². The third-order valence-corrected chi connectivity index (χ3v) is 2.50. The van der Waals surface area contributed by atoms with E-state index in [4.69, 9.17) is 0 Å². The van der Waals surface area contributed by atoms with Crippen LogP contribution in [0.3, 0.4) is 0 Å². The molecule has 1 unspecified atom stereocenters. The molecule has 0 aliphatic heterocycles. The molecule has 0 amide bonds. The molecule has 0 aromatic rings. The van der Waals surface area contributed by atoms with E-state index in [-0.39, 0.29) is 0 Å². The molecule has 1 rings (SSSR count). The fourth-order valence-electron chi connectivity index (χ4n) is 1.56. The zero-order chi connectivity index (χ0) is 8.86. The van der Waals surface area contributed by atoms with Crippen molar-refractivity contribution in [1.82, 2.24) is 0 Å². The van der Waals surface area contributed by atoms with Crippen molar-refractivity contribution in [2.75, 3.05) is 0 Å². The van der Waals surface area contributed by atoms with E-state index in [2.05, 4.69) is 18.7 Å². The monoisotopic (exact) mass is 166 g/mol. The Labute approximate surface area is 74.8 Å². The highest BCUT2D eigenvalue weighted by Crippen LogP contribution is 2.23. The summed E-state index contributed by atoms with van der Waals surface area (Å²) in [6, 6.07) is 0. The van der Waals surface area contributed by atoms with Crippen LogP contribution >= 0.6 is 0 Å². The topological polar surface area (TPSA) is 20.2 Å². The van der Waals surface area contributed by atoms with Crippen LogP contribution < -0.4 is 0 Å². The molecule has 0 bridgehead atoms. The Kier molecular flexibility index (Phi) is 3.54. The Morgan fingerprint density at radius 2 is 2.08 bits per heavy atom. The normalized spacial score (nSPS) is 34.4. The maximum absolute atomic E-state index is 9.94. The molecular formula is C11H18O. The third-order valence-electron chi connectivity index (χ3n) is 2.50. The van der Waals surface area contributed by atoms with Crippen LogP contribution in [-0.4, -0.2) is 10.7 Å². The van der Waals surface area contributed by atoms with E-state index in [1.807, 2.05) is 0 Å². The van der Waals surface area contributed by atoms with Crippen molar-refractivity contribution in [1.29, 1.82) is 0 Å². The fraction of sp³-hybridized carbons (Fsp3) is 0.636. The average molecular weight is 166 g/mol. The van der Waals surface area contributed by atoms with Gasteiger partial charge in [0.25, 0.3) is 0 Å². The van der Waals surface area contributed by atoms with Gasteiger partial charge in [0.2, 0.25) is 0 Å². The maximum Gasteiger partial charge on any atom is 0.0859 e. The molecule has 0 radical (unpaired) electrons. The molecule has 1 atom stereocenters. The summed E-state index contributed by atoms with van der Waals surface area (Å²) < 4.78 is 0. The van der Waals surface area contributed by atoms with E-state index >= 15 is 0 Å². The largest absolute Gasteiger partial charge is 0.385 e. The summed E-state index contributed by atoms with van der Waals surface area (Å²) in [6.45, 7) is 3.68. The molecule has 1 N–H and O–H groups in total. The molecule has 0 aromatic carbocycles. The van der Waals surface area contributed by atoms with E-state index in [9.17, 15) is 5.11 Å². The SMILES string of the molecule is C=CC1(O)C/C=C/CCCCC1. The lowest BCUT2D eigenvalue weighted by Gasteiger charge is -2.21. The second-order valence-electron chi connectivity index (χ2n) is 3.58. The summed E-state index contributed by atoms with van der Waals surface area (Å²) in [5.41, 5.74) is -0.638. The lowest BCUT2D eigenvalue weighted by molar-refractivity contribution is 0.0824. The van der Waals surface area contributed by atoms with Gasteiger partial charge in [0.15, 0.2) is 0 Å². The molecule has 1 aliphatic rings. The first-order valence-electron chi connectivity index (χ1n) is 4.78. The van der Waals surface area contributed by atoms with Crippen LogP contribution in [0.15, 0.2) is 24.8 Å². The van der Waals surface area contributed by atoms with Gasteiger partial charge in [0.05, 0.1) is 5.60 Å². The summed E-state index contributed by atoms with van der Waals surface area (Å²) in [7, 11) is 0. The third kappa shape index (κ3) is 2.82. The fourth-order valence-corrected chi connectivity index (χ4v) is 1.56. The van der Waals surface area contributed by atoms with Gasteiger partial charge in [-0.3, -0.25) is 0 Å². The van der Waals surface area contributed by atoms with Gasteiger partial charge in [0.1, 0.15) is 0 Å². The highest BCUT2D eigenvalue weighted by atomic mass is 16.3. The van der Waals surface area contributed by atoms with Gasteiger partial charge in [-0.1, -0.05) is 31.1 Å². The molecule has 12 heavy (non-hydrogen) atoms. The van der Waals surface area contributed by atoms with Gasteiger partial charge in [0, 0.05) is 0 Å². The van der Waals surface area contributed by atoms with Gasteiger partial charge >= 0.3 is 0 Å². The van der Waals surface area contributed by atoms with Crippen molar-refractivity contribution in [2.24, 2.45) is 0 Å². The second-order valence-corrected chi connectivity index (χ2v) is 3.58. The molecule has 0 saturated carbocycles. The highest BCUT2D eigenvalue weighted by Gasteiger charge is 2.20. The Balaban J connectivity index is 2.54. The lowest BCUT2D eigenvalue weighted by atomic mass is 9.93. The van der Waals surface area contributed by atoms with Gasteiger partial charge in [-0.05, 0) is 25.7 Å². The molecule has 1 aliphatic carbocycles. The molecule has 0 aromatic heterocycles. The minimum Gasteiger partial charge on any atom is -0.385 e. The summed E-state index contributed by atoms with van der Waals surface area (Å²) in [4.78, 5) is 0. The van der Waals surface area contributed by atoms with Crippen LogP contribution in [0.5, 0.6) is 0 Å². The molecule has 0 saturated heterocycles. The number of allylic oxidation sites excluding steroid dienone is 1. The van der Waals surface area contributed by atoms with Gasteiger partial charge in [-0.25, -0.2) is 0 Å². The number of aliphatic hydroxyl groups is 1. The van der Waals surface area contributed by atoms with Gasteiger partial charge < -0.3 is 5.11 Å². The Hall–Kier alpha value is -0.560. The summed E-state index contributed by atoms with van der Waals surface area (Å²) in [5, 5.41) is 9.94. The predicted octanol–water partition coefficient (Wildman–Crippen LogP) is 2.81. The van der Waals surface area contributed by atoms with Gasteiger partial charge in [-0.2, -0.15) is 0 Å². The molecule has 1 heteroatoms. The minimum atomic E-state index is -0.638. The quantitative estimate of drug-likeness (QED) is 0.594.